The molecule has 2 aliphatic rings. The van der Waals surface area contributed by atoms with Crippen molar-refractivity contribution in [1.82, 2.24) is 15.5 Å². The van der Waals surface area contributed by atoms with E-state index in [1.54, 1.807) is 12.1 Å². The predicted octanol–water partition coefficient (Wildman–Crippen LogP) is 2.78. The number of carbonyl (C=O) groups is 2. The third-order valence-electron chi connectivity index (χ3n) is 4.91. The molecule has 0 spiro atoms. The minimum atomic E-state index is -0.179. The third-order valence-corrected chi connectivity index (χ3v) is 6.04. The van der Waals surface area contributed by atoms with Crippen molar-refractivity contribution in [3.8, 4) is 0 Å². The van der Waals surface area contributed by atoms with Gasteiger partial charge in [0.2, 0.25) is 5.91 Å². The van der Waals surface area contributed by atoms with Crippen LogP contribution < -0.4 is 21.3 Å². The van der Waals surface area contributed by atoms with Crippen LogP contribution in [0.15, 0.2) is 24.3 Å². The predicted molar refractivity (Wildman–Crippen MR) is 126 cm³/mol. The van der Waals surface area contributed by atoms with Crippen LogP contribution in [-0.4, -0.2) is 67.1 Å². The molecule has 1 unspecified atom stereocenters. The van der Waals surface area contributed by atoms with Crippen LogP contribution in [0.4, 0.5) is 16.2 Å². The largest absolute Gasteiger partial charge is 0.335 e. The molecule has 1 aromatic carbocycles. The lowest BCUT2D eigenvalue weighted by Gasteiger charge is -2.29. The first kappa shape index (κ1) is 25.8. The lowest BCUT2D eigenvalue weighted by Crippen LogP contribution is -2.44. The van der Waals surface area contributed by atoms with Gasteiger partial charge in [0.1, 0.15) is 0 Å². The van der Waals surface area contributed by atoms with Crippen LogP contribution in [0.25, 0.3) is 0 Å². The number of urea groups is 1. The number of amides is 3. The summed E-state index contributed by atoms with van der Waals surface area (Å²) in [5, 5.41) is 12.2. The summed E-state index contributed by atoms with van der Waals surface area (Å²) >= 11 is 1.88. The number of nitrogens with one attached hydrogen (secondary N) is 4. The number of piperidine rings is 1. The number of hydrogen-bond donors (Lipinski definition) is 4. The van der Waals surface area contributed by atoms with Crippen molar-refractivity contribution < 1.29 is 9.59 Å². The number of anilines is 2. The molecule has 3 amide bonds. The summed E-state index contributed by atoms with van der Waals surface area (Å²) in [6.45, 7) is 2.98. The number of nitrogens with zero attached hydrogens (tertiary/aromatic N) is 1. The summed E-state index contributed by atoms with van der Waals surface area (Å²) in [6, 6.07) is 7.52. The minimum Gasteiger partial charge on any atom is -0.335 e. The lowest BCUT2D eigenvalue weighted by atomic mass is 10.1. The molecule has 0 bridgehead atoms. The first-order chi connectivity index (χ1) is 13.1. The average Bonchev–Trinajstić information content (AvgIpc) is 2.66. The molecule has 0 aromatic heterocycles. The van der Waals surface area contributed by atoms with Gasteiger partial charge in [0, 0.05) is 47.9 Å². The number of carbonyl (C=O) groups excluding carboxylic acids is 2. The zero-order chi connectivity index (χ0) is 19.1. The van der Waals surface area contributed by atoms with E-state index >= 15 is 0 Å². The normalized spacial score (nSPS) is 20.0. The van der Waals surface area contributed by atoms with Crippen LogP contribution in [0.2, 0.25) is 0 Å². The van der Waals surface area contributed by atoms with E-state index < -0.39 is 0 Å². The molecule has 164 valence electrons. The van der Waals surface area contributed by atoms with Crippen molar-refractivity contribution in [2.75, 3.05) is 48.8 Å². The van der Waals surface area contributed by atoms with Gasteiger partial charge in [0.05, 0.1) is 0 Å². The van der Waals surface area contributed by atoms with Crippen molar-refractivity contribution >= 4 is 59.9 Å². The highest BCUT2D eigenvalue weighted by Crippen LogP contribution is 2.16. The lowest BCUT2D eigenvalue weighted by molar-refractivity contribution is -0.116. The van der Waals surface area contributed by atoms with Crippen LogP contribution in [0, 0.1) is 0 Å². The maximum absolute atomic E-state index is 12.1. The molecule has 4 N–H and O–H groups in total. The van der Waals surface area contributed by atoms with E-state index in [4.69, 9.17) is 0 Å². The molecule has 29 heavy (non-hydrogen) atoms. The van der Waals surface area contributed by atoms with Crippen molar-refractivity contribution in [3.63, 3.8) is 0 Å². The van der Waals surface area contributed by atoms with Crippen LogP contribution in [0.5, 0.6) is 0 Å². The van der Waals surface area contributed by atoms with E-state index in [2.05, 4.69) is 33.2 Å². The van der Waals surface area contributed by atoms with Gasteiger partial charge in [-0.2, -0.15) is 11.8 Å². The molecule has 1 aromatic rings. The average molecular weight is 464 g/mol. The van der Waals surface area contributed by atoms with E-state index in [1.165, 1.54) is 0 Å². The highest BCUT2D eigenvalue weighted by Gasteiger charge is 2.19. The number of likely N-dealkylation sites (tertiary alicyclic amines) is 1. The Balaban J connectivity index is 0.00000210. The van der Waals surface area contributed by atoms with E-state index in [9.17, 15) is 9.59 Å². The number of halogens is 2. The first-order valence-electron chi connectivity index (χ1n) is 9.55. The number of thioether (sulfide) groups is 1. The Kier molecular flexibility index (Phi) is 11.7. The quantitative estimate of drug-likeness (QED) is 0.539. The monoisotopic (exact) mass is 463 g/mol. The number of rotatable bonds is 5. The molecule has 0 radical (unpaired) electrons. The van der Waals surface area contributed by atoms with Gasteiger partial charge < -0.3 is 26.2 Å². The summed E-state index contributed by atoms with van der Waals surface area (Å²) < 4.78 is 0. The van der Waals surface area contributed by atoms with Gasteiger partial charge in [-0.3, -0.25) is 4.79 Å². The molecule has 0 saturated carbocycles. The molecular formula is C19H31Cl2N5O2S. The van der Waals surface area contributed by atoms with E-state index in [0.29, 0.717) is 12.1 Å². The summed E-state index contributed by atoms with van der Waals surface area (Å²) in [6.07, 6.45) is 2.43. The van der Waals surface area contributed by atoms with E-state index in [1.807, 2.05) is 23.9 Å². The van der Waals surface area contributed by atoms with Gasteiger partial charge in [0.25, 0.3) is 0 Å². The van der Waals surface area contributed by atoms with Crippen molar-refractivity contribution in [3.05, 3.63) is 24.3 Å². The topological polar surface area (TPSA) is 85.5 Å². The molecular weight excluding hydrogens is 433 g/mol. The smallest absolute Gasteiger partial charge is 0.319 e. The Morgan fingerprint density at radius 3 is 2.31 bits per heavy atom. The first-order valence-corrected chi connectivity index (χ1v) is 10.7. The SMILES string of the molecule is CN1CCC(NC(=O)Nc2ccc(NC(=O)CC3CSCCN3)cc2)CC1.Cl.Cl. The highest BCUT2D eigenvalue weighted by molar-refractivity contribution is 7.99. The fourth-order valence-corrected chi connectivity index (χ4v) is 4.28. The van der Waals surface area contributed by atoms with Crippen LogP contribution in [0.1, 0.15) is 19.3 Å². The second kappa shape index (κ2) is 13.2. The molecule has 2 saturated heterocycles. The van der Waals surface area contributed by atoms with E-state index in [-0.39, 0.29) is 48.8 Å². The maximum atomic E-state index is 12.1. The summed E-state index contributed by atoms with van der Waals surface area (Å²) in [7, 11) is 2.10. The van der Waals surface area contributed by atoms with Gasteiger partial charge in [0.15, 0.2) is 0 Å². The van der Waals surface area contributed by atoms with Gasteiger partial charge in [-0.25, -0.2) is 4.79 Å². The zero-order valence-electron chi connectivity index (χ0n) is 16.6. The van der Waals surface area contributed by atoms with Gasteiger partial charge >= 0.3 is 6.03 Å². The summed E-state index contributed by atoms with van der Waals surface area (Å²) in [5.74, 6) is 2.09. The van der Waals surface area contributed by atoms with Crippen molar-refractivity contribution in [2.24, 2.45) is 0 Å². The summed E-state index contributed by atoms with van der Waals surface area (Å²) in [5.41, 5.74) is 1.45. The molecule has 10 heteroatoms. The standard InChI is InChI=1S/C19H29N5O2S.2ClH/c1-24-9-6-16(7-10-24)23-19(26)22-15-4-2-14(3-5-15)21-18(25)12-17-13-27-11-8-20-17;;/h2-5,16-17,20H,6-13H2,1H3,(H,21,25)(H2,22,23,26);2*1H. The van der Waals surface area contributed by atoms with Crippen LogP contribution in [0.3, 0.4) is 0 Å². The number of hydrogen-bond acceptors (Lipinski definition) is 5. The molecule has 2 heterocycles. The Morgan fingerprint density at radius 1 is 1.10 bits per heavy atom. The zero-order valence-corrected chi connectivity index (χ0v) is 19.1. The highest BCUT2D eigenvalue weighted by atomic mass is 35.5. The molecule has 3 rings (SSSR count). The molecule has 0 aliphatic carbocycles. The van der Waals surface area contributed by atoms with E-state index in [0.717, 1.165) is 49.7 Å². The Labute approximate surface area is 189 Å². The van der Waals surface area contributed by atoms with Gasteiger partial charge in [-0.1, -0.05) is 0 Å². The molecule has 2 aliphatic heterocycles. The minimum absolute atomic E-state index is 0. The van der Waals surface area contributed by atoms with Gasteiger partial charge in [-0.15, -0.1) is 24.8 Å². The fraction of sp³-hybridized carbons (Fsp3) is 0.579. The second-order valence-electron chi connectivity index (χ2n) is 7.23. The fourth-order valence-electron chi connectivity index (χ4n) is 3.33. The Bertz CT molecular complexity index is 636. The summed E-state index contributed by atoms with van der Waals surface area (Å²) in [4.78, 5) is 26.5. The second-order valence-corrected chi connectivity index (χ2v) is 8.38. The molecule has 7 nitrogen and oxygen atoms in total. The maximum Gasteiger partial charge on any atom is 0.319 e. The van der Waals surface area contributed by atoms with Gasteiger partial charge in [-0.05, 0) is 57.2 Å². The number of benzene rings is 1. The van der Waals surface area contributed by atoms with Crippen LogP contribution in [-0.2, 0) is 4.79 Å². The Morgan fingerprint density at radius 2 is 1.72 bits per heavy atom. The molecule has 1 atom stereocenters. The van der Waals surface area contributed by atoms with Crippen LogP contribution >= 0.6 is 36.6 Å². The molecule has 2 fully saturated rings. The van der Waals surface area contributed by atoms with Crippen molar-refractivity contribution in [1.29, 1.82) is 0 Å². The Hall–Kier alpha value is -1.19. The van der Waals surface area contributed by atoms with Crippen molar-refractivity contribution in [2.45, 2.75) is 31.3 Å². The third kappa shape index (κ3) is 9.00.